The molecular weight excluding hydrogens is 214 g/mol. The van der Waals surface area contributed by atoms with Gasteiger partial charge in [0.25, 0.3) is 0 Å². The first kappa shape index (κ1) is 12.0. The summed E-state index contributed by atoms with van der Waals surface area (Å²) in [5, 5.41) is 13.4. The number of carbonyl (C=O) groups is 2. The van der Waals surface area contributed by atoms with E-state index in [1.807, 2.05) is 13.8 Å². The van der Waals surface area contributed by atoms with E-state index in [1.165, 1.54) is 0 Å². The molecule has 0 aliphatic rings. The Hall–Kier alpha value is -2.05. The van der Waals surface area contributed by atoms with Gasteiger partial charge in [-0.05, 0) is 5.92 Å². The topological polar surface area (TPSA) is 104 Å². The van der Waals surface area contributed by atoms with E-state index in [0.29, 0.717) is 12.5 Å². The summed E-state index contributed by atoms with van der Waals surface area (Å²) in [5.41, 5.74) is 0. The van der Waals surface area contributed by atoms with Crippen molar-refractivity contribution in [3.8, 4) is 0 Å². The van der Waals surface area contributed by atoms with Crippen LogP contribution in [0.15, 0.2) is 10.6 Å². The number of anilines is 1. The number of nitrogens with zero attached hydrogens (tertiary/aromatic N) is 1. The number of hydrogen-bond donors (Lipinski definition) is 3. The van der Waals surface area contributed by atoms with Gasteiger partial charge < -0.3 is 14.8 Å². The predicted octanol–water partition coefficient (Wildman–Crippen LogP) is 1.15. The van der Waals surface area contributed by atoms with Crippen LogP contribution in [0.25, 0.3) is 0 Å². The number of amides is 2. The van der Waals surface area contributed by atoms with Gasteiger partial charge in [-0.15, -0.1) is 0 Å². The van der Waals surface area contributed by atoms with Gasteiger partial charge in [0.15, 0.2) is 0 Å². The van der Waals surface area contributed by atoms with Crippen LogP contribution in [0.2, 0.25) is 0 Å². The lowest BCUT2D eigenvalue weighted by molar-refractivity contribution is 0.0663. The highest BCUT2D eigenvalue weighted by atomic mass is 16.4. The van der Waals surface area contributed by atoms with Gasteiger partial charge >= 0.3 is 18.0 Å². The highest BCUT2D eigenvalue weighted by Crippen LogP contribution is 2.08. The first-order valence-electron chi connectivity index (χ1n) is 4.73. The van der Waals surface area contributed by atoms with Crippen LogP contribution >= 0.6 is 0 Å². The minimum Gasteiger partial charge on any atom is -0.475 e. The Labute approximate surface area is 91.9 Å². The third-order valence-electron chi connectivity index (χ3n) is 1.61. The molecule has 2 amide bonds. The van der Waals surface area contributed by atoms with Crippen molar-refractivity contribution in [2.45, 2.75) is 13.8 Å². The van der Waals surface area contributed by atoms with Crippen molar-refractivity contribution in [3.05, 3.63) is 12.0 Å². The maximum absolute atomic E-state index is 11.2. The SMILES string of the molecule is CC(C)CNC(=O)Nc1ncc(C(=O)O)o1. The zero-order valence-electron chi connectivity index (χ0n) is 8.98. The van der Waals surface area contributed by atoms with Crippen LogP contribution < -0.4 is 10.6 Å². The van der Waals surface area contributed by atoms with Gasteiger partial charge in [0.2, 0.25) is 5.76 Å². The average Bonchev–Trinajstić information content (AvgIpc) is 2.63. The van der Waals surface area contributed by atoms with E-state index in [9.17, 15) is 9.59 Å². The Morgan fingerprint density at radius 1 is 1.56 bits per heavy atom. The van der Waals surface area contributed by atoms with Crippen molar-refractivity contribution in [1.29, 1.82) is 0 Å². The first-order valence-corrected chi connectivity index (χ1v) is 4.73. The number of hydrogen-bond acceptors (Lipinski definition) is 4. The molecule has 0 radical (unpaired) electrons. The number of carbonyl (C=O) groups excluding carboxylic acids is 1. The molecule has 3 N–H and O–H groups in total. The quantitative estimate of drug-likeness (QED) is 0.715. The van der Waals surface area contributed by atoms with E-state index in [1.54, 1.807) is 0 Å². The molecule has 7 nitrogen and oxygen atoms in total. The Bertz CT molecular complexity index is 386. The first-order chi connectivity index (χ1) is 7.49. The molecule has 0 saturated carbocycles. The molecule has 0 aliphatic carbocycles. The molecule has 0 unspecified atom stereocenters. The minimum absolute atomic E-state index is 0.140. The third kappa shape index (κ3) is 3.60. The Morgan fingerprint density at radius 2 is 2.25 bits per heavy atom. The fourth-order valence-electron chi connectivity index (χ4n) is 0.869. The normalized spacial score (nSPS) is 10.2. The standard InChI is InChI=1S/C9H13N3O4/c1-5(2)3-10-8(15)12-9-11-4-6(16-9)7(13)14/h4-5H,3H2,1-2H3,(H,13,14)(H2,10,11,12,15). The molecule has 0 bridgehead atoms. The van der Waals surface area contributed by atoms with Gasteiger partial charge in [-0.1, -0.05) is 13.8 Å². The summed E-state index contributed by atoms with van der Waals surface area (Å²) in [6.45, 7) is 4.42. The summed E-state index contributed by atoms with van der Waals surface area (Å²) in [5.74, 6) is -1.23. The Kier molecular flexibility index (Phi) is 3.87. The van der Waals surface area contributed by atoms with Crippen molar-refractivity contribution in [1.82, 2.24) is 10.3 Å². The number of rotatable bonds is 4. The summed E-state index contributed by atoms with van der Waals surface area (Å²) < 4.78 is 4.74. The van der Waals surface area contributed by atoms with Gasteiger partial charge in [-0.25, -0.2) is 14.6 Å². The number of oxazole rings is 1. The summed E-state index contributed by atoms with van der Waals surface area (Å²) in [4.78, 5) is 25.3. The van der Waals surface area contributed by atoms with Crippen molar-refractivity contribution in [3.63, 3.8) is 0 Å². The summed E-state index contributed by atoms with van der Waals surface area (Å²) in [7, 11) is 0. The van der Waals surface area contributed by atoms with Crippen LogP contribution in [0, 0.1) is 5.92 Å². The Balaban J connectivity index is 2.46. The van der Waals surface area contributed by atoms with E-state index < -0.39 is 12.0 Å². The lowest BCUT2D eigenvalue weighted by Crippen LogP contribution is -2.31. The summed E-state index contributed by atoms with van der Waals surface area (Å²) in [6, 6.07) is -0.619. The maximum Gasteiger partial charge on any atom is 0.373 e. The van der Waals surface area contributed by atoms with Gasteiger partial charge in [0.05, 0.1) is 6.20 Å². The molecule has 1 aromatic rings. The monoisotopic (exact) mass is 227 g/mol. The molecule has 1 heterocycles. The maximum atomic E-state index is 11.2. The van der Waals surface area contributed by atoms with Crippen molar-refractivity contribution >= 4 is 18.0 Å². The molecule has 7 heteroatoms. The van der Waals surface area contributed by atoms with Crippen LogP contribution in [0.4, 0.5) is 10.8 Å². The fourth-order valence-corrected chi connectivity index (χ4v) is 0.869. The number of urea groups is 1. The highest BCUT2D eigenvalue weighted by molar-refractivity contribution is 5.88. The summed E-state index contributed by atoms with van der Waals surface area (Å²) in [6.07, 6.45) is 1.03. The van der Waals surface area contributed by atoms with E-state index in [2.05, 4.69) is 15.6 Å². The van der Waals surface area contributed by atoms with Gasteiger partial charge in [0, 0.05) is 6.54 Å². The molecular formula is C9H13N3O4. The van der Waals surface area contributed by atoms with Crippen LogP contribution in [-0.4, -0.2) is 28.6 Å². The van der Waals surface area contributed by atoms with Gasteiger partial charge in [-0.3, -0.25) is 5.32 Å². The predicted molar refractivity (Wildman–Crippen MR) is 55.3 cm³/mol. The molecule has 16 heavy (non-hydrogen) atoms. The zero-order chi connectivity index (χ0) is 12.1. The molecule has 88 valence electrons. The highest BCUT2D eigenvalue weighted by Gasteiger charge is 2.12. The minimum atomic E-state index is -1.23. The third-order valence-corrected chi connectivity index (χ3v) is 1.61. The van der Waals surface area contributed by atoms with Crippen LogP contribution in [0.5, 0.6) is 0 Å². The molecule has 1 aromatic heterocycles. The fraction of sp³-hybridized carbons (Fsp3) is 0.444. The van der Waals surface area contributed by atoms with E-state index in [0.717, 1.165) is 6.20 Å². The molecule has 0 saturated heterocycles. The lowest BCUT2D eigenvalue weighted by atomic mass is 10.2. The van der Waals surface area contributed by atoms with Crippen molar-refractivity contribution < 1.29 is 19.1 Å². The lowest BCUT2D eigenvalue weighted by Gasteiger charge is -2.06. The molecule has 1 rings (SSSR count). The molecule has 0 spiro atoms. The average molecular weight is 227 g/mol. The van der Waals surface area contributed by atoms with E-state index in [-0.39, 0.29) is 11.8 Å². The largest absolute Gasteiger partial charge is 0.475 e. The van der Waals surface area contributed by atoms with Crippen LogP contribution in [0.1, 0.15) is 24.4 Å². The number of aromatic carboxylic acids is 1. The number of nitrogens with one attached hydrogen (secondary N) is 2. The summed E-state index contributed by atoms with van der Waals surface area (Å²) >= 11 is 0. The number of aromatic nitrogens is 1. The Morgan fingerprint density at radius 3 is 2.75 bits per heavy atom. The zero-order valence-corrected chi connectivity index (χ0v) is 8.98. The van der Waals surface area contributed by atoms with E-state index >= 15 is 0 Å². The molecule has 0 atom stereocenters. The molecule has 0 fully saturated rings. The second-order valence-electron chi connectivity index (χ2n) is 3.56. The second kappa shape index (κ2) is 5.15. The number of carboxylic acids is 1. The second-order valence-corrected chi connectivity index (χ2v) is 3.56. The van der Waals surface area contributed by atoms with E-state index in [4.69, 9.17) is 9.52 Å². The number of carboxylic acid groups (broad SMARTS) is 1. The van der Waals surface area contributed by atoms with Crippen molar-refractivity contribution in [2.75, 3.05) is 11.9 Å². The van der Waals surface area contributed by atoms with Crippen molar-refractivity contribution in [2.24, 2.45) is 5.92 Å². The van der Waals surface area contributed by atoms with Gasteiger partial charge in [-0.2, -0.15) is 0 Å². The van der Waals surface area contributed by atoms with Crippen LogP contribution in [-0.2, 0) is 0 Å². The smallest absolute Gasteiger partial charge is 0.373 e. The van der Waals surface area contributed by atoms with Gasteiger partial charge in [0.1, 0.15) is 0 Å². The molecule has 0 aliphatic heterocycles. The molecule has 0 aromatic carbocycles. The van der Waals surface area contributed by atoms with Crippen LogP contribution in [0.3, 0.4) is 0 Å².